The predicted molar refractivity (Wildman–Crippen MR) is 51.0 cm³/mol. The molecular formula is C11H14NRu. The Hall–Kier alpha value is -0.197. The summed E-state index contributed by atoms with van der Waals surface area (Å²) in [6.07, 6.45) is 3.30. The number of nitrogens with one attached hydrogen (secondary N) is 1. The average molecular weight is 261 g/mol. The van der Waals surface area contributed by atoms with Crippen LogP contribution < -0.4 is 0 Å². The monoisotopic (exact) mass is 262 g/mol. The van der Waals surface area contributed by atoms with Crippen LogP contribution in [0.15, 0.2) is 24.3 Å². The third-order valence-electron chi connectivity index (χ3n) is 2.81. The van der Waals surface area contributed by atoms with Crippen molar-refractivity contribution < 1.29 is 19.5 Å². The maximum absolute atomic E-state index is 8.07. The molecule has 1 fully saturated rings. The van der Waals surface area contributed by atoms with E-state index < -0.39 is 0 Å². The molecular weight excluding hydrogens is 247 g/mol. The Morgan fingerprint density at radius 2 is 1.69 bits per heavy atom. The molecule has 0 heterocycles. The molecule has 1 aromatic rings. The van der Waals surface area contributed by atoms with E-state index >= 15 is 0 Å². The van der Waals surface area contributed by atoms with Crippen molar-refractivity contribution in [3.05, 3.63) is 41.1 Å². The Bertz CT molecular complexity index is 275. The van der Waals surface area contributed by atoms with E-state index in [4.69, 9.17) is 5.73 Å². The first-order valence-electron chi connectivity index (χ1n) is 4.53. The fraction of sp³-hybridized carbons (Fsp3) is 0.455. The second-order valence-electron chi connectivity index (χ2n) is 3.80. The molecule has 0 aromatic heterocycles. The zero-order valence-electron chi connectivity index (χ0n) is 7.78. The number of hydrogen-bond acceptors (Lipinski definition) is 0. The Balaban J connectivity index is 0.000000845. The van der Waals surface area contributed by atoms with Gasteiger partial charge in [0.15, 0.2) is 0 Å². The van der Waals surface area contributed by atoms with E-state index in [1.807, 2.05) is 0 Å². The van der Waals surface area contributed by atoms with Gasteiger partial charge in [-0.1, -0.05) is 60.2 Å². The van der Waals surface area contributed by atoms with E-state index in [0.29, 0.717) is 0 Å². The Morgan fingerprint density at radius 1 is 1.15 bits per heavy atom. The van der Waals surface area contributed by atoms with Crippen LogP contribution in [-0.2, 0) is 25.0 Å². The van der Waals surface area contributed by atoms with Crippen LogP contribution in [0.5, 0.6) is 0 Å². The van der Waals surface area contributed by atoms with Gasteiger partial charge in [-0.3, -0.25) is 0 Å². The van der Waals surface area contributed by atoms with Crippen molar-refractivity contribution in [2.24, 2.45) is 0 Å². The van der Waals surface area contributed by atoms with E-state index in [1.165, 1.54) is 17.5 Å². The number of hydrogen-bond donors (Lipinski definition) is 0. The molecule has 13 heavy (non-hydrogen) atoms. The van der Waals surface area contributed by atoms with Gasteiger partial charge in [-0.2, -0.15) is 0 Å². The molecule has 0 unspecified atom stereocenters. The SMILES string of the molecule is Cc1ccc(C2([NH-])CCC2)cc1.[Ru+]. The first-order chi connectivity index (χ1) is 5.71. The van der Waals surface area contributed by atoms with E-state index in [9.17, 15) is 0 Å². The van der Waals surface area contributed by atoms with Gasteiger partial charge in [0.25, 0.3) is 0 Å². The summed E-state index contributed by atoms with van der Waals surface area (Å²) in [6, 6.07) is 8.40. The van der Waals surface area contributed by atoms with Crippen LogP contribution >= 0.6 is 0 Å². The normalized spacial score (nSPS) is 18.6. The van der Waals surface area contributed by atoms with Crippen molar-refractivity contribution in [2.75, 3.05) is 0 Å². The molecule has 1 aliphatic rings. The van der Waals surface area contributed by atoms with Crippen LogP contribution in [0, 0.1) is 6.92 Å². The Kier molecular flexibility index (Phi) is 3.26. The molecule has 0 atom stereocenters. The fourth-order valence-electron chi connectivity index (χ4n) is 1.69. The largest absolute Gasteiger partial charge is 1.00 e. The third-order valence-corrected chi connectivity index (χ3v) is 2.81. The predicted octanol–water partition coefficient (Wildman–Crippen LogP) is 3.42. The summed E-state index contributed by atoms with van der Waals surface area (Å²) < 4.78 is 0. The minimum Gasteiger partial charge on any atom is -0.668 e. The second kappa shape index (κ2) is 3.90. The van der Waals surface area contributed by atoms with Gasteiger partial charge in [0.05, 0.1) is 0 Å². The number of rotatable bonds is 1. The zero-order chi connectivity index (χ0) is 8.60. The first-order valence-corrected chi connectivity index (χ1v) is 4.53. The molecule has 1 aromatic carbocycles. The quantitative estimate of drug-likeness (QED) is 0.692. The van der Waals surface area contributed by atoms with Crippen molar-refractivity contribution in [1.29, 1.82) is 0 Å². The van der Waals surface area contributed by atoms with Gasteiger partial charge in [0.2, 0.25) is 0 Å². The van der Waals surface area contributed by atoms with Crippen molar-refractivity contribution in [3.63, 3.8) is 0 Å². The van der Waals surface area contributed by atoms with Gasteiger partial charge < -0.3 is 5.73 Å². The average Bonchev–Trinajstić information content (AvgIpc) is 2.02. The van der Waals surface area contributed by atoms with Gasteiger partial charge in [0.1, 0.15) is 0 Å². The first kappa shape index (κ1) is 10.9. The Labute approximate surface area is 92.5 Å². The third kappa shape index (κ3) is 2.00. The molecule has 0 saturated heterocycles. The molecule has 1 radical (unpaired) electrons. The fourth-order valence-corrected chi connectivity index (χ4v) is 1.69. The van der Waals surface area contributed by atoms with Crippen LogP contribution in [-0.4, -0.2) is 0 Å². The molecule has 0 aliphatic heterocycles. The molecule has 0 bridgehead atoms. The minimum atomic E-state index is -0.242. The maximum atomic E-state index is 8.07. The van der Waals surface area contributed by atoms with Crippen LogP contribution in [0.2, 0.25) is 0 Å². The Morgan fingerprint density at radius 3 is 2.08 bits per heavy atom. The summed E-state index contributed by atoms with van der Waals surface area (Å²) >= 11 is 0. The molecule has 2 heteroatoms. The topological polar surface area (TPSA) is 23.8 Å². The molecule has 71 valence electrons. The number of benzene rings is 1. The standard InChI is InChI=1S/C11H14N.Ru/c1-9-3-5-10(6-4-9)11(12)7-2-8-11;/h3-6,12H,2,7-8H2,1H3;/q-1;+1. The van der Waals surface area contributed by atoms with Crippen molar-refractivity contribution in [2.45, 2.75) is 31.7 Å². The summed E-state index contributed by atoms with van der Waals surface area (Å²) in [7, 11) is 0. The van der Waals surface area contributed by atoms with Gasteiger partial charge >= 0.3 is 19.5 Å². The van der Waals surface area contributed by atoms with E-state index in [-0.39, 0.29) is 25.0 Å². The minimum absolute atomic E-state index is 0. The molecule has 1 saturated carbocycles. The molecule has 0 spiro atoms. The molecule has 1 aliphatic carbocycles. The summed E-state index contributed by atoms with van der Waals surface area (Å²) in [5.74, 6) is 0. The number of aryl methyl sites for hydroxylation is 1. The van der Waals surface area contributed by atoms with Gasteiger partial charge in [-0.05, 0) is 6.92 Å². The van der Waals surface area contributed by atoms with Crippen LogP contribution in [0.25, 0.3) is 5.73 Å². The van der Waals surface area contributed by atoms with E-state index in [2.05, 4.69) is 31.2 Å². The smallest absolute Gasteiger partial charge is 0.668 e. The second-order valence-corrected chi connectivity index (χ2v) is 3.80. The molecule has 0 amide bonds. The van der Waals surface area contributed by atoms with E-state index in [0.717, 1.165) is 12.8 Å². The maximum Gasteiger partial charge on any atom is 1.00 e. The van der Waals surface area contributed by atoms with Gasteiger partial charge in [-0.15, -0.1) is 0 Å². The molecule has 1 N–H and O–H groups in total. The van der Waals surface area contributed by atoms with Crippen LogP contribution in [0.1, 0.15) is 30.4 Å². The van der Waals surface area contributed by atoms with Crippen LogP contribution in [0.4, 0.5) is 0 Å². The van der Waals surface area contributed by atoms with Crippen molar-refractivity contribution >= 4 is 0 Å². The summed E-state index contributed by atoms with van der Waals surface area (Å²) in [5.41, 5.74) is 10.3. The molecule has 1 nitrogen and oxygen atoms in total. The van der Waals surface area contributed by atoms with Crippen molar-refractivity contribution in [1.82, 2.24) is 0 Å². The zero-order valence-corrected chi connectivity index (χ0v) is 9.52. The van der Waals surface area contributed by atoms with Crippen molar-refractivity contribution in [3.8, 4) is 0 Å². The summed E-state index contributed by atoms with van der Waals surface area (Å²) in [5, 5.41) is 0. The van der Waals surface area contributed by atoms with Gasteiger partial charge in [0, 0.05) is 0 Å². The van der Waals surface area contributed by atoms with E-state index in [1.54, 1.807) is 0 Å². The summed E-state index contributed by atoms with van der Waals surface area (Å²) in [4.78, 5) is 0. The van der Waals surface area contributed by atoms with Crippen LogP contribution in [0.3, 0.4) is 0 Å². The van der Waals surface area contributed by atoms with Gasteiger partial charge in [-0.25, -0.2) is 0 Å². The summed E-state index contributed by atoms with van der Waals surface area (Å²) in [6.45, 7) is 2.08. The molecule has 2 rings (SSSR count).